The monoisotopic (exact) mass is 288 g/mol. The van der Waals surface area contributed by atoms with E-state index in [9.17, 15) is 0 Å². The van der Waals surface area contributed by atoms with Crippen molar-refractivity contribution in [3.63, 3.8) is 0 Å². The van der Waals surface area contributed by atoms with Crippen LogP contribution in [0.1, 0.15) is 35.8 Å². The molecule has 1 aliphatic rings. The number of hydrogen-bond donors (Lipinski definition) is 0. The molecule has 2 rings (SSSR count). The van der Waals surface area contributed by atoms with Crippen molar-refractivity contribution in [1.29, 1.82) is 0 Å². The van der Waals surface area contributed by atoms with Crippen LogP contribution in [-0.2, 0) is 5.88 Å². The predicted molar refractivity (Wildman–Crippen MR) is 78.1 cm³/mol. The topological polar surface area (TPSA) is 25.8 Å². The Labute approximate surface area is 116 Å². The van der Waals surface area contributed by atoms with Crippen LogP contribution in [0.25, 0.3) is 0 Å². The molecule has 0 aliphatic carbocycles. The minimum atomic E-state index is 0.431. The van der Waals surface area contributed by atoms with E-state index in [0.717, 1.165) is 17.2 Å². The van der Waals surface area contributed by atoms with E-state index in [4.69, 9.17) is 11.6 Å². The third-order valence-corrected chi connectivity index (χ3v) is 6.28. The molecular formula is C12H17ClN2S2. The van der Waals surface area contributed by atoms with E-state index in [1.807, 2.05) is 24.8 Å². The summed E-state index contributed by atoms with van der Waals surface area (Å²) in [5.41, 5.74) is 1.97. The zero-order valence-corrected chi connectivity index (χ0v) is 12.5. The molecular weight excluding hydrogens is 272 g/mol. The quantitative estimate of drug-likeness (QED) is 0.790. The van der Waals surface area contributed by atoms with Crippen LogP contribution >= 0.6 is 35.1 Å². The van der Waals surface area contributed by atoms with Gasteiger partial charge in [0.1, 0.15) is 5.82 Å². The SMILES string of the molecule is CCC1SCCSC1c1nc(C)cc(CCl)n1. The van der Waals surface area contributed by atoms with Gasteiger partial charge in [-0.15, -0.1) is 23.4 Å². The number of alkyl halides is 1. The van der Waals surface area contributed by atoms with Crippen molar-refractivity contribution >= 4 is 35.1 Å². The summed E-state index contributed by atoms with van der Waals surface area (Å²) in [6, 6.07) is 1.97. The Hall–Kier alpha value is 0.0700. The molecule has 2 nitrogen and oxygen atoms in total. The third kappa shape index (κ3) is 3.30. The molecule has 1 saturated heterocycles. The lowest BCUT2D eigenvalue weighted by molar-refractivity contribution is 0.739. The van der Waals surface area contributed by atoms with E-state index in [1.54, 1.807) is 0 Å². The van der Waals surface area contributed by atoms with Crippen LogP contribution in [0.2, 0.25) is 0 Å². The Morgan fingerprint density at radius 1 is 1.35 bits per heavy atom. The Kier molecular flexibility index (Phi) is 5.00. The van der Waals surface area contributed by atoms with Gasteiger partial charge in [-0.25, -0.2) is 9.97 Å². The van der Waals surface area contributed by atoms with Gasteiger partial charge < -0.3 is 0 Å². The summed E-state index contributed by atoms with van der Waals surface area (Å²) in [4.78, 5) is 9.20. The summed E-state index contributed by atoms with van der Waals surface area (Å²) >= 11 is 9.92. The van der Waals surface area contributed by atoms with Gasteiger partial charge >= 0.3 is 0 Å². The van der Waals surface area contributed by atoms with Crippen LogP contribution in [0.3, 0.4) is 0 Å². The molecule has 1 aromatic rings. The lowest BCUT2D eigenvalue weighted by atomic mass is 10.2. The van der Waals surface area contributed by atoms with E-state index in [-0.39, 0.29) is 0 Å². The van der Waals surface area contributed by atoms with Crippen LogP contribution in [-0.4, -0.2) is 26.7 Å². The second-order valence-electron chi connectivity index (χ2n) is 4.10. The minimum Gasteiger partial charge on any atom is -0.237 e. The molecule has 0 bridgehead atoms. The van der Waals surface area contributed by atoms with Gasteiger partial charge in [0.15, 0.2) is 0 Å². The van der Waals surface area contributed by atoms with E-state index in [0.29, 0.717) is 16.4 Å². The van der Waals surface area contributed by atoms with Crippen LogP contribution in [0, 0.1) is 6.92 Å². The van der Waals surface area contributed by atoms with E-state index in [1.165, 1.54) is 17.9 Å². The Bertz CT molecular complexity index is 387. The zero-order valence-electron chi connectivity index (χ0n) is 10.1. The number of thioether (sulfide) groups is 2. The summed E-state index contributed by atoms with van der Waals surface area (Å²) in [6.45, 7) is 4.26. The van der Waals surface area contributed by atoms with Crippen LogP contribution in [0.4, 0.5) is 0 Å². The van der Waals surface area contributed by atoms with Gasteiger partial charge in [0, 0.05) is 22.4 Å². The number of halogens is 1. The Morgan fingerprint density at radius 2 is 2.12 bits per heavy atom. The van der Waals surface area contributed by atoms with Crippen LogP contribution < -0.4 is 0 Å². The van der Waals surface area contributed by atoms with Gasteiger partial charge in [0.2, 0.25) is 0 Å². The number of rotatable bonds is 3. The highest BCUT2D eigenvalue weighted by Crippen LogP contribution is 2.42. The van der Waals surface area contributed by atoms with Gasteiger partial charge in [-0.1, -0.05) is 6.92 Å². The predicted octanol–water partition coefficient (Wildman–Crippen LogP) is 3.82. The van der Waals surface area contributed by atoms with Crippen molar-refractivity contribution in [3.05, 3.63) is 23.3 Å². The van der Waals surface area contributed by atoms with E-state index in [2.05, 4.69) is 28.7 Å². The molecule has 1 fully saturated rings. The average molecular weight is 289 g/mol. The largest absolute Gasteiger partial charge is 0.237 e. The van der Waals surface area contributed by atoms with Crippen LogP contribution in [0.5, 0.6) is 0 Å². The van der Waals surface area contributed by atoms with E-state index < -0.39 is 0 Å². The molecule has 0 aromatic carbocycles. The first-order valence-corrected chi connectivity index (χ1v) is 8.51. The average Bonchev–Trinajstić information content (AvgIpc) is 2.37. The molecule has 0 amide bonds. The second-order valence-corrected chi connectivity index (χ2v) is 6.97. The van der Waals surface area contributed by atoms with Crippen molar-refractivity contribution in [2.75, 3.05) is 11.5 Å². The van der Waals surface area contributed by atoms with Crippen molar-refractivity contribution in [2.24, 2.45) is 0 Å². The van der Waals surface area contributed by atoms with Gasteiger partial charge in [-0.05, 0) is 19.4 Å². The van der Waals surface area contributed by atoms with Crippen molar-refractivity contribution in [2.45, 2.75) is 36.6 Å². The summed E-state index contributed by atoms with van der Waals surface area (Å²) in [6.07, 6.45) is 1.18. The summed E-state index contributed by atoms with van der Waals surface area (Å²) in [5.74, 6) is 3.88. The van der Waals surface area contributed by atoms with Crippen molar-refractivity contribution in [3.8, 4) is 0 Å². The number of aromatic nitrogens is 2. The maximum absolute atomic E-state index is 5.88. The van der Waals surface area contributed by atoms with Gasteiger partial charge in [-0.3, -0.25) is 0 Å². The lowest BCUT2D eigenvalue weighted by Crippen LogP contribution is -2.21. The molecule has 2 heterocycles. The lowest BCUT2D eigenvalue weighted by Gasteiger charge is -2.29. The maximum Gasteiger partial charge on any atom is 0.142 e. The highest BCUT2D eigenvalue weighted by Gasteiger charge is 2.28. The first kappa shape index (κ1) is 13.5. The van der Waals surface area contributed by atoms with Crippen molar-refractivity contribution < 1.29 is 0 Å². The molecule has 1 aromatic heterocycles. The third-order valence-electron chi connectivity index (χ3n) is 2.77. The molecule has 0 N–H and O–H groups in total. The smallest absolute Gasteiger partial charge is 0.142 e. The first-order valence-electron chi connectivity index (χ1n) is 5.88. The molecule has 0 spiro atoms. The molecule has 0 radical (unpaired) electrons. The molecule has 0 saturated carbocycles. The number of hydrogen-bond acceptors (Lipinski definition) is 4. The first-order chi connectivity index (χ1) is 8.24. The highest BCUT2D eigenvalue weighted by atomic mass is 35.5. The fourth-order valence-electron chi connectivity index (χ4n) is 2.00. The maximum atomic E-state index is 5.88. The Morgan fingerprint density at radius 3 is 2.82 bits per heavy atom. The molecule has 2 unspecified atom stereocenters. The number of aryl methyl sites for hydroxylation is 1. The fraction of sp³-hybridized carbons (Fsp3) is 0.667. The van der Waals surface area contributed by atoms with Gasteiger partial charge in [0.05, 0.1) is 16.8 Å². The second kappa shape index (κ2) is 6.30. The van der Waals surface area contributed by atoms with E-state index >= 15 is 0 Å². The molecule has 1 aliphatic heterocycles. The molecule has 5 heteroatoms. The standard InChI is InChI=1S/C12H17ClN2S2/c1-3-10-11(17-5-4-16-10)12-14-8(2)6-9(7-13)15-12/h6,10-11H,3-5,7H2,1-2H3. The summed E-state index contributed by atoms with van der Waals surface area (Å²) in [5, 5.41) is 1.07. The minimum absolute atomic E-state index is 0.431. The molecule has 17 heavy (non-hydrogen) atoms. The zero-order chi connectivity index (χ0) is 12.3. The Balaban J connectivity index is 2.27. The van der Waals surface area contributed by atoms with Crippen molar-refractivity contribution in [1.82, 2.24) is 9.97 Å². The van der Waals surface area contributed by atoms with Gasteiger partial charge in [-0.2, -0.15) is 11.8 Å². The van der Waals surface area contributed by atoms with Crippen LogP contribution in [0.15, 0.2) is 6.07 Å². The van der Waals surface area contributed by atoms with Gasteiger partial charge in [0.25, 0.3) is 0 Å². The molecule has 94 valence electrons. The fourth-order valence-corrected chi connectivity index (χ4v) is 5.12. The summed E-state index contributed by atoms with van der Waals surface area (Å²) < 4.78 is 0. The highest BCUT2D eigenvalue weighted by molar-refractivity contribution is 8.06. The summed E-state index contributed by atoms with van der Waals surface area (Å²) in [7, 11) is 0. The molecule has 2 atom stereocenters. The number of nitrogens with zero attached hydrogens (tertiary/aromatic N) is 2. The normalized spacial score (nSPS) is 24.9.